The fourth-order valence-electron chi connectivity index (χ4n) is 0.633. The van der Waals surface area contributed by atoms with Gasteiger partial charge in [-0.1, -0.05) is 20.8 Å². The molecule has 0 saturated carbocycles. The zero-order chi connectivity index (χ0) is 9.61. The molecule has 0 bridgehead atoms. The molecule has 0 fully saturated rings. The van der Waals surface area contributed by atoms with E-state index in [-0.39, 0.29) is 24.8 Å². The maximum atomic E-state index is 10.1. The van der Waals surface area contributed by atoms with Crippen molar-refractivity contribution in [1.82, 2.24) is 0 Å². The van der Waals surface area contributed by atoms with Crippen LogP contribution in [0.5, 0.6) is 0 Å². The molecule has 81 valence electrons. The van der Waals surface area contributed by atoms with E-state index in [2.05, 4.69) is 23.5 Å². The van der Waals surface area contributed by atoms with Crippen molar-refractivity contribution in [2.24, 2.45) is 0 Å². The molecule has 0 heterocycles. The van der Waals surface area contributed by atoms with E-state index >= 15 is 0 Å². The molecule has 0 unspecified atom stereocenters. The SMILES string of the molecule is CC(C)(C)[O-].[CH3][Ti+3][C]1=CC=CC1.[Cl-].[Cl-]. The Hall–Kier alpha value is 0.734. The summed E-state index contributed by atoms with van der Waals surface area (Å²) in [5, 5.41) is 12.4. The Morgan fingerprint density at radius 1 is 1.29 bits per heavy atom. The number of rotatable bonds is 1. The monoisotopic (exact) mass is 271 g/mol. The van der Waals surface area contributed by atoms with Crippen LogP contribution in [-0.4, -0.2) is 5.60 Å². The van der Waals surface area contributed by atoms with E-state index in [0.717, 1.165) is 0 Å². The van der Waals surface area contributed by atoms with Gasteiger partial charge in [0.05, 0.1) is 0 Å². The summed E-state index contributed by atoms with van der Waals surface area (Å²) < 4.78 is 1.68. The van der Waals surface area contributed by atoms with Crippen molar-refractivity contribution in [3.63, 3.8) is 0 Å². The van der Waals surface area contributed by atoms with Crippen molar-refractivity contribution in [3.8, 4) is 0 Å². The first-order valence-electron chi connectivity index (χ1n) is 4.17. The van der Waals surface area contributed by atoms with Gasteiger partial charge >= 0.3 is 52.9 Å². The molecule has 0 amide bonds. The maximum Gasteiger partial charge on any atom is -1.00 e. The van der Waals surface area contributed by atoms with Gasteiger partial charge in [0.25, 0.3) is 0 Å². The molecule has 0 atom stereocenters. The molecule has 0 aliphatic heterocycles. The number of hydrogen-bond acceptors (Lipinski definition) is 1. The van der Waals surface area contributed by atoms with Crippen molar-refractivity contribution >= 4 is 0 Å². The van der Waals surface area contributed by atoms with Gasteiger partial charge in [0.2, 0.25) is 0 Å². The minimum atomic E-state index is -0.750. The summed E-state index contributed by atoms with van der Waals surface area (Å²) in [7, 11) is 0. The molecule has 0 aromatic carbocycles. The third kappa shape index (κ3) is 18.5. The molecule has 0 aromatic heterocycles. The molecule has 0 radical (unpaired) electrons. The Kier molecular flexibility index (Phi) is 14.8. The summed E-state index contributed by atoms with van der Waals surface area (Å²) in [5.74, 6) is 0. The van der Waals surface area contributed by atoms with E-state index in [9.17, 15) is 5.11 Å². The van der Waals surface area contributed by atoms with Crippen LogP contribution >= 0.6 is 0 Å². The van der Waals surface area contributed by atoms with E-state index in [1.807, 2.05) is 0 Å². The van der Waals surface area contributed by atoms with Gasteiger partial charge in [-0.05, 0) is 0 Å². The molecule has 1 nitrogen and oxygen atoms in total. The van der Waals surface area contributed by atoms with Gasteiger partial charge < -0.3 is 29.9 Å². The molecule has 14 heavy (non-hydrogen) atoms. The second-order valence-electron chi connectivity index (χ2n) is 3.69. The molecule has 1 aliphatic carbocycles. The topological polar surface area (TPSA) is 23.1 Å². The fraction of sp³-hybridized carbons (Fsp3) is 0.600. The van der Waals surface area contributed by atoms with Crippen LogP contribution in [0.15, 0.2) is 22.1 Å². The van der Waals surface area contributed by atoms with Crippen LogP contribution < -0.4 is 29.9 Å². The minimum absolute atomic E-state index is 0. The van der Waals surface area contributed by atoms with E-state index in [4.69, 9.17) is 0 Å². The average molecular weight is 272 g/mol. The predicted molar refractivity (Wildman–Crippen MR) is 47.5 cm³/mol. The van der Waals surface area contributed by atoms with Crippen LogP contribution in [-0.2, 0) is 19.2 Å². The van der Waals surface area contributed by atoms with Crippen molar-refractivity contribution in [1.29, 1.82) is 0 Å². The summed E-state index contributed by atoms with van der Waals surface area (Å²) in [4.78, 5) is 0. The van der Waals surface area contributed by atoms with Crippen LogP contribution in [0.1, 0.15) is 27.2 Å². The minimum Gasteiger partial charge on any atom is -1.00 e. The fourth-order valence-corrected chi connectivity index (χ4v) is 1.55. The molecule has 0 aromatic rings. The first kappa shape index (κ1) is 20.2. The van der Waals surface area contributed by atoms with Crippen molar-refractivity contribution in [2.75, 3.05) is 0 Å². The molecule has 4 heteroatoms. The van der Waals surface area contributed by atoms with Crippen molar-refractivity contribution in [3.05, 3.63) is 22.1 Å². The zero-order valence-electron chi connectivity index (χ0n) is 9.10. The second kappa shape index (κ2) is 10.3. The number of hydrogen-bond donors (Lipinski definition) is 0. The van der Waals surface area contributed by atoms with Gasteiger partial charge in [-0.25, -0.2) is 0 Å². The summed E-state index contributed by atoms with van der Waals surface area (Å²) in [6.45, 7) is 4.90. The Morgan fingerprint density at radius 3 is 1.86 bits per heavy atom. The maximum absolute atomic E-state index is 10.1. The van der Waals surface area contributed by atoms with E-state index in [1.54, 1.807) is 24.6 Å². The molecule has 0 N–H and O–H groups in total. The van der Waals surface area contributed by atoms with E-state index in [1.165, 1.54) is 6.42 Å². The molecule has 0 spiro atoms. The van der Waals surface area contributed by atoms with E-state index in [0.29, 0.717) is 19.2 Å². The van der Waals surface area contributed by atoms with Crippen molar-refractivity contribution in [2.45, 2.75) is 38.0 Å². The van der Waals surface area contributed by atoms with Gasteiger partial charge in [-0.2, -0.15) is 0 Å². The van der Waals surface area contributed by atoms with Gasteiger partial charge in [0.1, 0.15) is 0 Å². The second-order valence-corrected chi connectivity index (χ2v) is 5.47. The molecule has 0 saturated heterocycles. The smallest absolute Gasteiger partial charge is 1.00 e. The first-order chi connectivity index (χ1) is 5.43. The van der Waals surface area contributed by atoms with Crippen molar-refractivity contribution < 1.29 is 49.1 Å². The third-order valence-corrected chi connectivity index (χ3v) is 2.67. The summed E-state index contributed by atoms with van der Waals surface area (Å²) >= 11 is 0.292. The predicted octanol–water partition coefficient (Wildman–Crippen LogP) is -3.89. The van der Waals surface area contributed by atoms with Crippen LogP contribution in [0.3, 0.4) is 0 Å². The normalized spacial score (nSPS) is 12.5. The van der Waals surface area contributed by atoms with Gasteiger partial charge in [0.15, 0.2) is 0 Å². The standard InChI is InChI=1S/C5H5.C4H9O.CH3.2ClH.Ti/c1-2-4-5-3-1;1-4(2,3)5;;;;/h1-3H,4H2;1-3H3;1H3;2*1H;/q;-1;;;;+3/p-2. The third-order valence-electron chi connectivity index (χ3n) is 1.09. The largest absolute Gasteiger partial charge is 1.00 e. The molecule has 1 rings (SSSR count). The van der Waals surface area contributed by atoms with Crippen LogP contribution in [0.2, 0.25) is 5.23 Å². The zero-order valence-corrected chi connectivity index (χ0v) is 12.2. The number of halogens is 2. The summed E-state index contributed by atoms with van der Waals surface area (Å²) in [6, 6.07) is 0. The molecular formula is C10H17Cl2OTi. The Labute approximate surface area is 109 Å². The first-order valence-corrected chi connectivity index (χ1v) is 6.51. The number of allylic oxidation sites excluding steroid dienone is 4. The quantitative estimate of drug-likeness (QED) is 0.448. The van der Waals surface area contributed by atoms with Gasteiger partial charge in [0, 0.05) is 0 Å². The Balaban J connectivity index is -0.000000159. The average Bonchev–Trinajstić information content (AvgIpc) is 2.33. The van der Waals surface area contributed by atoms with Crippen LogP contribution in [0.4, 0.5) is 0 Å². The van der Waals surface area contributed by atoms with Crippen LogP contribution in [0, 0.1) is 0 Å². The van der Waals surface area contributed by atoms with E-state index < -0.39 is 5.60 Å². The summed E-state index contributed by atoms with van der Waals surface area (Å²) in [5.41, 5.74) is -0.750. The molecular weight excluding hydrogens is 255 g/mol. The summed E-state index contributed by atoms with van der Waals surface area (Å²) in [6.07, 6.45) is 7.88. The molecule has 1 aliphatic rings. The van der Waals surface area contributed by atoms with Gasteiger partial charge in [-0.15, -0.1) is 5.60 Å². The Bertz CT molecular complexity index is 177. The van der Waals surface area contributed by atoms with Gasteiger partial charge in [-0.3, -0.25) is 0 Å². The Morgan fingerprint density at radius 2 is 1.71 bits per heavy atom. The van der Waals surface area contributed by atoms with Crippen LogP contribution in [0.25, 0.3) is 0 Å².